The topological polar surface area (TPSA) is 26.0 Å². The first-order valence-corrected chi connectivity index (χ1v) is 5.72. The fourth-order valence-electron chi connectivity index (χ4n) is 1.45. The molecule has 96 valence electrons. The van der Waals surface area contributed by atoms with E-state index in [9.17, 15) is 13.2 Å². The summed E-state index contributed by atoms with van der Waals surface area (Å²) in [5.41, 5.74) is 0.546. The smallest absolute Gasteiger partial charge is 0.343 e. The molecule has 0 N–H and O–H groups in total. The summed E-state index contributed by atoms with van der Waals surface area (Å²) >= 11 is 11.4. The SMILES string of the molecule is FC(F)(F)c1ccc(-c2noc(Cl)c2CCl)cc1. The molecule has 0 aliphatic rings. The summed E-state index contributed by atoms with van der Waals surface area (Å²) in [7, 11) is 0. The third-order valence-corrected chi connectivity index (χ3v) is 2.92. The average molecular weight is 296 g/mol. The van der Waals surface area contributed by atoms with Gasteiger partial charge in [-0.2, -0.15) is 13.2 Å². The van der Waals surface area contributed by atoms with Gasteiger partial charge < -0.3 is 4.52 Å². The quantitative estimate of drug-likeness (QED) is 0.747. The van der Waals surface area contributed by atoms with Crippen LogP contribution in [-0.2, 0) is 12.1 Å². The van der Waals surface area contributed by atoms with Gasteiger partial charge in [-0.05, 0) is 23.7 Å². The van der Waals surface area contributed by atoms with Crippen molar-refractivity contribution in [1.29, 1.82) is 0 Å². The Morgan fingerprint density at radius 3 is 2.28 bits per heavy atom. The van der Waals surface area contributed by atoms with Crippen LogP contribution < -0.4 is 0 Å². The number of halogens is 5. The van der Waals surface area contributed by atoms with Gasteiger partial charge in [0.1, 0.15) is 5.69 Å². The molecule has 1 heterocycles. The fraction of sp³-hybridized carbons (Fsp3) is 0.182. The average Bonchev–Trinajstić information content (AvgIpc) is 2.69. The Balaban J connectivity index is 2.40. The first kappa shape index (κ1) is 13.2. The van der Waals surface area contributed by atoms with Crippen molar-refractivity contribution in [1.82, 2.24) is 5.16 Å². The maximum absolute atomic E-state index is 12.4. The molecule has 0 saturated heterocycles. The van der Waals surface area contributed by atoms with Gasteiger partial charge in [0.25, 0.3) is 0 Å². The molecule has 0 spiro atoms. The Bertz CT molecular complexity index is 548. The molecule has 0 radical (unpaired) electrons. The lowest BCUT2D eigenvalue weighted by Crippen LogP contribution is -2.04. The highest BCUT2D eigenvalue weighted by atomic mass is 35.5. The molecule has 0 aliphatic carbocycles. The van der Waals surface area contributed by atoms with E-state index in [0.29, 0.717) is 16.8 Å². The standard InChI is InChI=1S/C11H6Cl2F3NO/c12-5-8-9(17-18-10(8)13)6-1-3-7(4-2-6)11(14,15)16/h1-4H,5H2. The highest BCUT2D eigenvalue weighted by molar-refractivity contribution is 6.31. The second-order valence-corrected chi connectivity index (χ2v) is 4.10. The van der Waals surface area contributed by atoms with E-state index in [1.165, 1.54) is 12.1 Å². The number of aromatic nitrogens is 1. The van der Waals surface area contributed by atoms with Crippen LogP contribution in [0.1, 0.15) is 11.1 Å². The van der Waals surface area contributed by atoms with Crippen LogP contribution in [-0.4, -0.2) is 5.16 Å². The van der Waals surface area contributed by atoms with Crippen molar-refractivity contribution in [3.05, 3.63) is 40.6 Å². The van der Waals surface area contributed by atoms with Crippen molar-refractivity contribution in [3.8, 4) is 11.3 Å². The van der Waals surface area contributed by atoms with Crippen LogP contribution in [0.25, 0.3) is 11.3 Å². The van der Waals surface area contributed by atoms with Crippen LogP contribution in [0.3, 0.4) is 0 Å². The molecular weight excluding hydrogens is 290 g/mol. The number of hydrogen-bond acceptors (Lipinski definition) is 2. The van der Waals surface area contributed by atoms with Gasteiger partial charge in [0, 0.05) is 5.56 Å². The van der Waals surface area contributed by atoms with Gasteiger partial charge >= 0.3 is 6.18 Å². The third-order valence-electron chi connectivity index (χ3n) is 2.36. The fourth-order valence-corrected chi connectivity index (χ4v) is 1.96. The number of alkyl halides is 4. The van der Waals surface area contributed by atoms with Gasteiger partial charge in [-0.25, -0.2) is 0 Å². The summed E-state index contributed by atoms with van der Waals surface area (Å²) in [4.78, 5) is 0. The third kappa shape index (κ3) is 2.47. The number of nitrogens with zero attached hydrogens (tertiary/aromatic N) is 1. The van der Waals surface area contributed by atoms with Crippen molar-refractivity contribution < 1.29 is 17.7 Å². The molecule has 1 aromatic carbocycles. The van der Waals surface area contributed by atoms with Crippen LogP contribution in [0.2, 0.25) is 5.22 Å². The molecule has 0 atom stereocenters. The summed E-state index contributed by atoms with van der Waals surface area (Å²) in [6.45, 7) is 0. The van der Waals surface area contributed by atoms with E-state index in [1.54, 1.807) is 0 Å². The number of benzene rings is 1. The minimum atomic E-state index is -4.37. The zero-order valence-electron chi connectivity index (χ0n) is 8.76. The highest BCUT2D eigenvalue weighted by Crippen LogP contribution is 2.33. The zero-order chi connectivity index (χ0) is 13.3. The van der Waals surface area contributed by atoms with Crippen molar-refractivity contribution in [2.45, 2.75) is 12.1 Å². The van der Waals surface area contributed by atoms with Crippen LogP contribution in [0.5, 0.6) is 0 Å². The summed E-state index contributed by atoms with van der Waals surface area (Å²) in [6.07, 6.45) is -4.37. The van der Waals surface area contributed by atoms with Crippen LogP contribution in [0.4, 0.5) is 13.2 Å². The Hall–Kier alpha value is -1.20. The molecule has 0 bridgehead atoms. The molecule has 1 aromatic heterocycles. The van der Waals surface area contributed by atoms with E-state index in [4.69, 9.17) is 27.7 Å². The predicted octanol–water partition coefficient (Wildman–Crippen LogP) is 4.75. The summed E-state index contributed by atoms with van der Waals surface area (Å²) in [5.74, 6) is 0.0681. The molecule has 2 nitrogen and oxygen atoms in total. The maximum atomic E-state index is 12.4. The Labute approximate surface area is 110 Å². The minimum Gasteiger partial charge on any atom is -0.343 e. The maximum Gasteiger partial charge on any atom is 0.416 e. The molecule has 0 aliphatic heterocycles. The summed E-state index contributed by atoms with van der Waals surface area (Å²) in [5, 5.41) is 3.72. The van der Waals surface area contributed by atoms with E-state index in [0.717, 1.165) is 12.1 Å². The Morgan fingerprint density at radius 2 is 1.78 bits per heavy atom. The van der Waals surface area contributed by atoms with E-state index in [2.05, 4.69) is 5.16 Å². The summed E-state index contributed by atoms with van der Waals surface area (Å²) in [6, 6.07) is 4.53. The van der Waals surface area contributed by atoms with Crippen molar-refractivity contribution in [2.24, 2.45) is 0 Å². The van der Waals surface area contributed by atoms with E-state index >= 15 is 0 Å². The van der Waals surface area contributed by atoms with Gasteiger partial charge in [-0.1, -0.05) is 17.3 Å². The highest BCUT2D eigenvalue weighted by Gasteiger charge is 2.30. The van der Waals surface area contributed by atoms with Crippen LogP contribution >= 0.6 is 23.2 Å². The van der Waals surface area contributed by atoms with Crippen molar-refractivity contribution in [3.63, 3.8) is 0 Å². The van der Waals surface area contributed by atoms with E-state index < -0.39 is 11.7 Å². The molecule has 0 fully saturated rings. The lowest BCUT2D eigenvalue weighted by Gasteiger charge is -2.06. The van der Waals surface area contributed by atoms with E-state index in [1.807, 2.05) is 0 Å². The number of rotatable bonds is 2. The summed E-state index contributed by atoms with van der Waals surface area (Å²) < 4.78 is 41.9. The van der Waals surface area contributed by atoms with E-state index in [-0.39, 0.29) is 11.1 Å². The van der Waals surface area contributed by atoms with Gasteiger partial charge in [0.15, 0.2) is 0 Å². The largest absolute Gasteiger partial charge is 0.416 e. The Kier molecular flexibility index (Phi) is 3.54. The van der Waals surface area contributed by atoms with Gasteiger partial charge in [0.2, 0.25) is 5.22 Å². The van der Waals surface area contributed by atoms with Crippen molar-refractivity contribution >= 4 is 23.2 Å². The first-order valence-electron chi connectivity index (χ1n) is 4.81. The van der Waals surface area contributed by atoms with Crippen molar-refractivity contribution in [2.75, 3.05) is 0 Å². The van der Waals surface area contributed by atoms with Crippen LogP contribution in [0.15, 0.2) is 28.8 Å². The molecule has 0 saturated carbocycles. The number of hydrogen-bond donors (Lipinski definition) is 0. The van der Waals surface area contributed by atoms with Gasteiger partial charge in [-0.15, -0.1) is 11.6 Å². The molecule has 0 amide bonds. The molecule has 7 heteroatoms. The van der Waals surface area contributed by atoms with Gasteiger partial charge in [-0.3, -0.25) is 0 Å². The Morgan fingerprint density at radius 1 is 1.17 bits per heavy atom. The normalized spacial score (nSPS) is 11.8. The minimum absolute atomic E-state index is 0.0416. The predicted molar refractivity (Wildman–Crippen MR) is 61.5 cm³/mol. The zero-order valence-corrected chi connectivity index (χ0v) is 10.3. The second kappa shape index (κ2) is 4.82. The molecule has 2 aromatic rings. The second-order valence-electron chi connectivity index (χ2n) is 3.49. The monoisotopic (exact) mass is 295 g/mol. The molecule has 2 rings (SSSR count). The van der Waals surface area contributed by atoms with Gasteiger partial charge in [0.05, 0.1) is 17.0 Å². The van der Waals surface area contributed by atoms with Crippen LogP contribution in [0, 0.1) is 0 Å². The molecule has 0 unspecified atom stereocenters. The lowest BCUT2D eigenvalue weighted by atomic mass is 10.1. The lowest BCUT2D eigenvalue weighted by molar-refractivity contribution is -0.137. The first-order chi connectivity index (χ1) is 8.43. The molecular formula is C11H6Cl2F3NO. The molecule has 18 heavy (non-hydrogen) atoms.